The van der Waals surface area contributed by atoms with Crippen LogP contribution in [0.5, 0.6) is 0 Å². The zero-order valence-corrected chi connectivity index (χ0v) is 29.6. The number of likely N-dealkylation sites (tertiary alicyclic amines) is 1. The van der Waals surface area contributed by atoms with Crippen LogP contribution in [0.15, 0.2) is 59.6 Å². The van der Waals surface area contributed by atoms with E-state index >= 15 is 4.39 Å². The number of halogens is 1. The first-order valence-electron chi connectivity index (χ1n) is 16.4. The summed E-state index contributed by atoms with van der Waals surface area (Å²) in [6.45, 7) is 11.4. The van der Waals surface area contributed by atoms with Gasteiger partial charge in [0.25, 0.3) is 0 Å². The highest BCUT2D eigenvalue weighted by Crippen LogP contribution is 2.36. The summed E-state index contributed by atoms with van der Waals surface area (Å²) in [7, 11) is 0. The lowest BCUT2D eigenvalue weighted by Crippen LogP contribution is -2.58. The van der Waals surface area contributed by atoms with E-state index in [9.17, 15) is 19.2 Å². The van der Waals surface area contributed by atoms with E-state index in [-0.39, 0.29) is 24.3 Å². The number of esters is 1. The van der Waals surface area contributed by atoms with Crippen molar-refractivity contribution in [1.29, 1.82) is 0 Å². The fourth-order valence-electron chi connectivity index (χ4n) is 6.17. The van der Waals surface area contributed by atoms with E-state index < -0.39 is 59.7 Å². The van der Waals surface area contributed by atoms with E-state index in [1.54, 1.807) is 46.0 Å². The van der Waals surface area contributed by atoms with Crippen LogP contribution in [0.2, 0.25) is 0 Å². The Kier molecular flexibility index (Phi) is 10.6. The number of nitrogens with one attached hydrogen (secondary N) is 1. The first-order valence-corrected chi connectivity index (χ1v) is 16.4. The predicted molar refractivity (Wildman–Crippen MR) is 184 cm³/mol. The van der Waals surface area contributed by atoms with Gasteiger partial charge >= 0.3 is 5.97 Å². The topological polar surface area (TPSA) is 175 Å². The fourth-order valence-corrected chi connectivity index (χ4v) is 6.17. The van der Waals surface area contributed by atoms with Crippen molar-refractivity contribution in [2.45, 2.75) is 73.1 Å². The van der Waals surface area contributed by atoms with Gasteiger partial charge in [0.1, 0.15) is 29.8 Å². The number of imidazole rings is 1. The highest BCUT2D eigenvalue weighted by molar-refractivity contribution is 5.93. The molecule has 0 unspecified atom stereocenters. The minimum Gasteiger partial charge on any atom is -0.461 e. The van der Waals surface area contributed by atoms with E-state index in [1.165, 1.54) is 40.0 Å². The number of carbonyl (C=O) groups is 4. The number of benzene rings is 2. The van der Waals surface area contributed by atoms with Crippen molar-refractivity contribution in [2.24, 2.45) is 11.1 Å². The first kappa shape index (κ1) is 36.7. The monoisotopic (exact) mass is 703 g/mol. The van der Waals surface area contributed by atoms with Gasteiger partial charge in [0.15, 0.2) is 6.61 Å². The summed E-state index contributed by atoms with van der Waals surface area (Å²) >= 11 is 0. The zero-order chi connectivity index (χ0) is 37.2. The fraction of sp³-hybridized carbons (Fsp3) is 0.389. The maximum absolute atomic E-state index is 15.6. The summed E-state index contributed by atoms with van der Waals surface area (Å²) in [4.78, 5) is 62.8. The molecule has 15 heteroatoms. The van der Waals surface area contributed by atoms with Crippen LogP contribution >= 0.6 is 0 Å². The molecule has 3 atom stereocenters. The van der Waals surface area contributed by atoms with E-state index in [2.05, 4.69) is 15.5 Å². The molecule has 270 valence electrons. The van der Waals surface area contributed by atoms with Gasteiger partial charge in [-0.25, -0.2) is 14.4 Å². The number of primary amides is 1. The van der Waals surface area contributed by atoms with Gasteiger partial charge in [-0.3, -0.25) is 24.0 Å². The molecule has 3 heterocycles. The Balaban J connectivity index is 1.44. The van der Waals surface area contributed by atoms with Crippen molar-refractivity contribution in [3.05, 3.63) is 78.0 Å². The quantitative estimate of drug-likeness (QED) is 0.170. The summed E-state index contributed by atoms with van der Waals surface area (Å²) in [6.07, 6.45) is 3.96. The summed E-state index contributed by atoms with van der Waals surface area (Å²) in [6, 6.07) is 7.97. The molecule has 4 aromatic rings. The van der Waals surface area contributed by atoms with Crippen molar-refractivity contribution in [2.75, 3.05) is 18.2 Å². The molecule has 2 aromatic carbocycles. The Bertz CT molecular complexity index is 1920. The van der Waals surface area contributed by atoms with E-state index in [0.29, 0.717) is 17.1 Å². The molecular weight excluding hydrogens is 661 g/mol. The number of carbonyl (C=O) groups excluding carboxylic acids is 4. The van der Waals surface area contributed by atoms with Crippen LogP contribution in [0.25, 0.3) is 16.8 Å². The van der Waals surface area contributed by atoms with Gasteiger partial charge in [-0.1, -0.05) is 38.1 Å². The first-order chi connectivity index (χ1) is 24.0. The molecule has 1 fully saturated rings. The normalized spacial score (nSPS) is 16.5. The minimum absolute atomic E-state index is 0.0477. The maximum Gasteiger partial charge on any atom is 0.302 e. The van der Waals surface area contributed by atoms with Gasteiger partial charge < -0.3 is 29.8 Å². The second-order valence-electron chi connectivity index (χ2n) is 13.6. The SMILES string of the molecule is CC(=O)O[C@@H]1C[C@@H](C(N)=O)N(C(=O)[C@@H](NC(=O)CON(c2ccc(-n3ccnc3)c(F)c2)c2cc(-c3c(C)noc3C)ccc2C)C(C)(C)C)C1. The molecule has 0 bridgehead atoms. The van der Waals surface area contributed by atoms with Crippen molar-refractivity contribution in [1.82, 2.24) is 24.9 Å². The van der Waals surface area contributed by atoms with Gasteiger partial charge in [0.05, 0.1) is 35.6 Å². The molecular formula is C36H42FN7O7. The van der Waals surface area contributed by atoms with Crippen LogP contribution in [-0.4, -0.2) is 74.6 Å². The zero-order valence-electron chi connectivity index (χ0n) is 29.6. The van der Waals surface area contributed by atoms with Gasteiger partial charge in [-0.15, -0.1) is 0 Å². The average molecular weight is 704 g/mol. The number of aromatic nitrogens is 3. The lowest BCUT2D eigenvalue weighted by Gasteiger charge is -2.35. The Morgan fingerprint density at radius 3 is 2.47 bits per heavy atom. The lowest BCUT2D eigenvalue weighted by atomic mass is 9.85. The van der Waals surface area contributed by atoms with E-state index in [4.69, 9.17) is 19.8 Å². The number of aryl methyl sites for hydroxylation is 3. The van der Waals surface area contributed by atoms with E-state index in [0.717, 1.165) is 16.7 Å². The van der Waals surface area contributed by atoms with Crippen LogP contribution in [-0.2, 0) is 28.8 Å². The van der Waals surface area contributed by atoms with Crippen LogP contribution in [0, 0.1) is 32.0 Å². The Morgan fingerprint density at radius 1 is 1.14 bits per heavy atom. The molecule has 3 amide bonds. The molecule has 5 rings (SSSR count). The van der Waals surface area contributed by atoms with Crippen molar-refractivity contribution < 1.29 is 37.7 Å². The third kappa shape index (κ3) is 8.09. The third-order valence-corrected chi connectivity index (χ3v) is 8.65. The Morgan fingerprint density at radius 2 is 1.88 bits per heavy atom. The Labute approximate surface area is 294 Å². The second kappa shape index (κ2) is 14.7. The maximum atomic E-state index is 15.6. The van der Waals surface area contributed by atoms with Crippen LogP contribution in [0.4, 0.5) is 15.8 Å². The van der Waals surface area contributed by atoms with Gasteiger partial charge in [-0.2, -0.15) is 0 Å². The number of ether oxygens (including phenoxy) is 1. The summed E-state index contributed by atoms with van der Waals surface area (Å²) in [5.41, 5.74) is 8.82. The molecule has 1 saturated heterocycles. The molecule has 1 aliphatic heterocycles. The largest absolute Gasteiger partial charge is 0.461 e. The number of hydrogen-bond acceptors (Lipinski definition) is 10. The standard InChI is InChI=1S/C36H42FN7O7/c1-20-8-9-24(32-21(2)41-51-22(32)3)14-29(20)44(25-10-11-28(27(37)15-25)42-13-12-39-19-42)49-18-31(46)40-33(36(5,6)7)35(48)43-17-26(50-23(4)45)16-30(43)34(38)47/h8-15,19,26,30,33H,16-18H2,1-7H3,(H2,38,47)(H,40,46)/t26-,30+,33-/m1/s1. The van der Waals surface area contributed by atoms with Crippen molar-refractivity contribution in [3.8, 4) is 16.8 Å². The summed E-state index contributed by atoms with van der Waals surface area (Å²) < 4.78 is 27.8. The predicted octanol–water partition coefficient (Wildman–Crippen LogP) is 4.21. The molecule has 2 aromatic heterocycles. The highest BCUT2D eigenvalue weighted by Gasteiger charge is 2.45. The van der Waals surface area contributed by atoms with Crippen LogP contribution in [0.1, 0.15) is 51.1 Å². The number of nitrogens with two attached hydrogens (primary N) is 1. The number of rotatable bonds is 11. The summed E-state index contributed by atoms with van der Waals surface area (Å²) in [5, 5.41) is 8.19. The molecule has 0 aliphatic carbocycles. The Hall–Kier alpha value is -5.57. The van der Waals surface area contributed by atoms with Gasteiger partial charge in [0, 0.05) is 37.4 Å². The number of hydrogen-bond donors (Lipinski definition) is 2. The minimum atomic E-state index is -1.11. The van der Waals surface area contributed by atoms with Gasteiger partial charge in [0.2, 0.25) is 17.7 Å². The second-order valence-corrected chi connectivity index (χ2v) is 13.6. The molecule has 14 nitrogen and oxygen atoms in total. The van der Waals surface area contributed by atoms with Crippen molar-refractivity contribution >= 4 is 35.1 Å². The third-order valence-electron chi connectivity index (χ3n) is 8.65. The summed E-state index contributed by atoms with van der Waals surface area (Å²) in [5.74, 6) is -2.48. The molecule has 51 heavy (non-hydrogen) atoms. The van der Waals surface area contributed by atoms with Gasteiger partial charge in [-0.05, 0) is 55.5 Å². The lowest BCUT2D eigenvalue weighted by molar-refractivity contribution is -0.147. The smallest absolute Gasteiger partial charge is 0.302 e. The molecule has 0 spiro atoms. The number of anilines is 2. The number of amides is 3. The van der Waals surface area contributed by atoms with E-state index in [1.807, 2.05) is 32.0 Å². The highest BCUT2D eigenvalue weighted by atomic mass is 19.1. The molecule has 3 N–H and O–H groups in total. The molecule has 0 saturated carbocycles. The number of nitrogens with zero attached hydrogens (tertiary/aromatic N) is 5. The molecule has 0 radical (unpaired) electrons. The van der Waals surface area contributed by atoms with Crippen molar-refractivity contribution in [3.63, 3.8) is 0 Å². The molecule has 1 aliphatic rings. The average Bonchev–Trinajstić information content (AvgIpc) is 3.81. The van der Waals surface area contributed by atoms with Crippen LogP contribution in [0.3, 0.4) is 0 Å². The van der Waals surface area contributed by atoms with Crippen LogP contribution < -0.4 is 16.1 Å².